The highest BCUT2D eigenvalue weighted by molar-refractivity contribution is 5.79. The minimum Gasteiger partial charge on any atom is -0.490 e. The Kier molecular flexibility index (Phi) is 10.0. The van der Waals surface area contributed by atoms with Crippen LogP contribution in [0, 0.1) is 24.2 Å². The zero-order valence-corrected chi connectivity index (χ0v) is 20.6. The molecule has 1 aliphatic rings. The van der Waals surface area contributed by atoms with Crippen molar-refractivity contribution < 1.29 is 14.3 Å². The summed E-state index contributed by atoms with van der Waals surface area (Å²) in [6.07, 6.45) is 9.38. The predicted octanol–water partition coefficient (Wildman–Crippen LogP) is 5.22. The maximum absolute atomic E-state index is 11.8. The van der Waals surface area contributed by atoms with Gasteiger partial charge < -0.3 is 14.3 Å². The monoisotopic (exact) mass is 451 g/mol. The minimum atomic E-state index is -0.840. The summed E-state index contributed by atoms with van der Waals surface area (Å²) in [4.78, 5) is 18.2. The molecule has 6 heteroatoms. The van der Waals surface area contributed by atoms with E-state index in [4.69, 9.17) is 14.7 Å². The van der Waals surface area contributed by atoms with E-state index in [1.54, 1.807) is 12.3 Å². The van der Waals surface area contributed by atoms with E-state index in [1.807, 2.05) is 37.2 Å². The first-order chi connectivity index (χ1) is 15.8. The normalized spacial score (nSPS) is 22.2. The molecule has 0 aliphatic heterocycles. The Bertz CT molecular complexity index is 910. The Morgan fingerprint density at radius 3 is 2.70 bits per heavy atom. The third-order valence-corrected chi connectivity index (χ3v) is 6.13. The van der Waals surface area contributed by atoms with Crippen molar-refractivity contribution in [2.45, 2.75) is 71.1 Å². The van der Waals surface area contributed by atoms with Crippen LogP contribution in [0.15, 0.2) is 47.6 Å². The number of rotatable bonds is 13. The van der Waals surface area contributed by atoms with E-state index in [-0.39, 0.29) is 12.1 Å². The SMILES string of the molecule is C=C(C=N/C=C\C(C)CC)C(CC)N(C)COC1(C=O)CC(Oc2cc(C)cc(C#N)c2)C1. The second kappa shape index (κ2) is 12.5. The number of benzene rings is 1. The molecule has 0 radical (unpaired) electrons. The number of aliphatic imine (C=N–C) groups is 1. The largest absolute Gasteiger partial charge is 0.490 e. The van der Waals surface area contributed by atoms with Crippen LogP contribution in [0.3, 0.4) is 0 Å². The smallest absolute Gasteiger partial charge is 0.152 e. The molecule has 1 aromatic rings. The Labute approximate surface area is 198 Å². The number of allylic oxidation sites excluding steroid dienone is 1. The molecule has 0 heterocycles. The van der Waals surface area contributed by atoms with E-state index in [0.717, 1.165) is 30.3 Å². The third kappa shape index (κ3) is 7.66. The molecule has 1 fully saturated rings. The van der Waals surface area contributed by atoms with Gasteiger partial charge in [0.05, 0.1) is 11.6 Å². The Morgan fingerprint density at radius 1 is 1.36 bits per heavy atom. The van der Waals surface area contributed by atoms with Gasteiger partial charge in [-0.15, -0.1) is 0 Å². The zero-order valence-electron chi connectivity index (χ0n) is 20.6. The number of hydrogen-bond donors (Lipinski definition) is 0. The predicted molar refractivity (Wildman–Crippen MR) is 132 cm³/mol. The van der Waals surface area contributed by atoms with Crippen LogP contribution < -0.4 is 4.74 Å². The molecule has 0 bridgehead atoms. The van der Waals surface area contributed by atoms with Crippen LogP contribution in [0.4, 0.5) is 0 Å². The standard InChI is InChI=1S/C27H37N3O3/c1-7-20(3)9-10-29-17-22(5)26(8-2)30(6)19-32-27(18-31)14-25(15-27)33-24-12-21(4)11-23(13-24)16-28/h9-13,17-18,20,25-26H,5,7-8,14-15,19H2,1-4,6H3/b10-9-,29-17?. The van der Waals surface area contributed by atoms with Crippen LogP contribution in [-0.2, 0) is 9.53 Å². The van der Waals surface area contributed by atoms with Gasteiger partial charge in [-0.25, -0.2) is 0 Å². The molecule has 1 aliphatic carbocycles. The van der Waals surface area contributed by atoms with Crippen LogP contribution in [0.1, 0.15) is 57.6 Å². The van der Waals surface area contributed by atoms with Crippen molar-refractivity contribution in [3.63, 3.8) is 0 Å². The van der Waals surface area contributed by atoms with Gasteiger partial charge in [-0.1, -0.05) is 39.8 Å². The van der Waals surface area contributed by atoms with Gasteiger partial charge in [0.15, 0.2) is 6.29 Å². The number of carbonyl (C=O) groups excluding carboxylic acids is 1. The second-order valence-corrected chi connectivity index (χ2v) is 9.01. The lowest BCUT2D eigenvalue weighted by Gasteiger charge is -2.44. The lowest BCUT2D eigenvalue weighted by atomic mass is 9.78. The number of aryl methyl sites for hydroxylation is 1. The highest BCUT2D eigenvalue weighted by Gasteiger charge is 2.47. The average Bonchev–Trinajstić information content (AvgIpc) is 2.77. The third-order valence-electron chi connectivity index (χ3n) is 6.13. The number of likely N-dealkylation sites (N-methyl/N-ethyl adjacent to an activating group) is 1. The Balaban J connectivity index is 1.88. The van der Waals surface area contributed by atoms with Crippen molar-refractivity contribution >= 4 is 12.5 Å². The van der Waals surface area contributed by atoms with Crippen LogP contribution in [0.25, 0.3) is 0 Å². The van der Waals surface area contributed by atoms with Crippen molar-refractivity contribution in [1.82, 2.24) is 4.90 Å². The van der Waals surface area contributed by atoms with Crippen LogP contribution in [0.5, 0.6) is 5.75 Å². The van der Waals surface area contributed by atoms with Crippen molar-refractivity contribution in [3.05, 3.63) is 53.8 Å². The van der Waals surface area contributed by atoms with E-state index in [1.165, 1.54) is 0 Å². The summed E-state index contributed by atoms with van der Waals surface area (Å²) < 4.78 is 12.0. The summed E-state index contributed by atoms with van der Waals surface area (Å²) in [6.45, 7) is 12.8. The quantitative estimate of drug-likeness (QED) is 0.234. The molecular formula is C27H37N3O3. The van der Waals surface area contributed by atoms with E-state index >= 15 is 0 Å². The van der Waals surface area contributed by atoms with E-state index in [9.17, 15) is 4.79 Å². The summed E-state index contributed by atoms with van der Waals surface area (Å²) >= 11 is 0. The fourth-order valence-electron chi connectivity index (χ4n) is 3.85. The van der Waals surface area contributed by atoms with Crippen LogP contribution in [-0.4, -0.2) is 48.9 Å². The van der Waals surface area contributed by atoms with Gasteiger partial charge in [0.2, 0.25) is 0 Å². The molecule has 1 saturated carbocycles. The molecule has 2 unspecified atom stereocenters. The number of ether oxygens (including phenoxy) is 2. The molecule has 0 spiro atoms. The van der Waals surface area contributed by atoms with Gasteiger partial charge >= 0.3 is 0 Å². The molecule has 0 saturated heterocycles. The summed E-state index contributed by atoms with van der Waals surface area (Å²) in [5.41, 5.74) is 1.59. The Hall–Kier alpha value is -2.75. The molecule has 0 amide bonds. The lowest BCUT2D eigenvalue weighted by Crippen LogP contribution is -2.54. The first-order valence-corrected chi connectivity index (χ1v) is 11.6. The molecule has 6 nitrogen and oxygen atoms in total. The lowest BCUT2D eigenvalue weighted by molar-refractivity contribution is -0.174. The van der Waals surface area contributed by atoms with Gasteiger partial charge in [-0.2, -0.15) is 5.26 Å². The number of aldehydes is 1. The summed E-state index contributed by atoms with van der Waals surface area (Å²) in [7, 11) is 1.96. The van der Waals surface area contributed by atoms with Gasteiger partial charge in [0, 0.05) is 31.3 Å². The molecular weight excluding hydrogens is 414 g/mol. The summed E-state index contributed by atoms with van der Waals surface area (Å²) in [6, 6.07) is 7.64. The first-order valence-electron chi connectivity index (χ1n) is 11.6. The molecule has 2 atom stereocenters. The molecule has 33 heavy (non-hydrogen) atoms. The van der Waals surface area contributed by atoms with Crippen LogP contribution in [0.2, 0.25) is 0 Å². The van der Waals surface area contributed by atoms with Gasteiger partial charge in [-0.05, 0) is 55.6 Å². The van der Waals surface area contributed by atoms with E-state index < -0.39 is 5.60 Å². The fourth-order valence-corrected chi connectivity index (χ4v) is 3.85. The highest BCUT2D eigenvalue weighted by atomic mass is 16.5. The first kappa shape index (κ1) is 26.5. The molecule has 0 aromatic heterocycles. The molecule has 0 N–H and O–H groups in total. The Morgan fingerprint density at radius 2 is 2.09 bits per heavy atom. The maximum atomic E-state index is 11.8. The molecule has 178 valence electrons. The molecule has 2 rings (SSSR count). The minimum absolute atomic E-state index is 0.0678. The van der Waals surface area contributed by atoms with E-state index in [0.29, 0.717) is 36.8 Å². The van der Waals surface area contributed by atoms with Crippen LogP contribution >= 0.6 is 0 Å². The van der Waals surface area contributed by atoms with Crippen molar-refractivity contribution in [2.75, 3.05) is 13.8 Å². The number of hydrogen-bond acceptors (Lipinski definition) is 6. The number of nitriles is 1. The zero-order chi connectivity index (χ0) is 24.4. The van der Waals surface area contributed by atoms with Crippen molar-refractivity contribution in [2.24, 2.45) is 10.9 Å². The average molecular weight is 452 g/mol. The fraction of sp³-hybridized carbons (Fsp3) is 0.519. The van der Waals surface area contributed by atoms with Gasteiger partial charge in [0.1, 0.15) is 24.2 Å². The summed E-state index contributed by atoms with van der Waals surface area (Å²) in [5.74, 6) is 1.15. The van der Waals surface area contributed by atoms with Crippen molar-refractivity contribution in [3.8, 4) is 11.8 Å². The number of nitrogens with zero attached hydrogens (tertiary/aromatic N) is 3. The number of carbonyl (C=O) groups is 1. The van der Waals surface area contributed by atoms with Crippen molar-refractivity contribution in [1.29, 1.82) is 5.26 Å². The summed E-state index contributed by atoms with van der Waals surface area (Å²) in [5, 5.41) is 9.14. The molecule has 1 aromatic carbocycles. The van der Waals surface area contributed by atoms with E-state index in [2.05, 4.69) is 44.5 Å². The van der Waals surface area contributed by atoms with Gasteiger partial charge in [0.25, 0.3) is 0 Å². The maximum Gasteiger partial charge on any atom is 0.152 e. The second-order valence-electron chi connectivity index (χ2n) is 9.01. The van der Waals surface area contributed by atoms with Gasteiger partial charge in [-0.3, -0.25) is 9.89 Å². The highest BCUT2D eigenvalue weighted by Crippen LogP contribution is 2.37. The topological polar surface area (TPSA) is 74.9 Å².